The van der Waals surface area contributed by atoms with Crippen LogP contribution >= 0.6 is 11.3 Å². The maximum absolute atomic E-state index is 12.7. The van der Waals surface area contributed by atoms with Gasteiger partial charge in [0.1, 0.15) is 20.7 Å². The second-order valence-corrected chi connectivity index (χ2v) is 6.93. The van der Waals surface area contributed by atoms with Gasteiger partial charge in [0.15, 0.2) is 0 Å². The highest BCUT2D eigenvalue weighted by Gasteiger charge is 2.26. The summed E-state index contributed by atoms with van der Waals surface area (Å²) in [5.74, 6) is 0. The quantitative estimate of drug-likeness (QED) is 0.729. The van der Waals surface area contributed by atoms with Crippen LogP contribution in [-0.2, 0) is 9.84 Å². The molecule has 98 valence electrons. The molecule has 0 saturated carbocycles. The van der Waals surface area contributed by atoms with Gasteiger partial charge in [0, 0.05) is 11.6 Å². The second-order valence-electron chi connectivity index (χ2n) is 4.04. The van der Waals surface area contributed by atoms with Crippen LogP contribution in [0.5, 0.6) is 0 Å². The lowest BCUT2D eigenvalue weighted by atomic mass is 10.3. The molecule has 0 saturated heterocycles. The summed E-state index contributed by atoms with van der Waals surface area (Å²) in [7, 11) is -3.72. The van der Waals surface area contributed by atoms with E-state index in [0.29, 0.717) is 10.2 Å². The Bertz CT molecular complexity index is 923. The van der Waals surface area contributed by atoms with Crippen LogP contribution in [0.15, 0.2) is 58.5 Å². The van der Waals surface area contributed by atoms with Crippen molar-refractivity contribution in [3.63, 3.8) is 0 Å². The maximum atomic E-state index is 12.7. The van der Waals surface area contributed by atoms with Gasteiger partial charge in [0.2, 0.25) is 9.84 Å². The van der Waals surface area contributed by atoms with Crippen LogP contribution in [0.4, 0.5) is 0 Å². The van der Waals surface area contributed by atoms with E-state index in [4.69, 9.17) is 0 Å². The molecule has 20 heavy (non-hydrogen) atoms. The van der Waals surface area contributed by atoms with Crippen LogP contribution in [0.2, 0.25) is 0 Å². The first kappa shape index (κ1) is 12.8. The van der Waals surface area contributed by atoms with Gasteiger partial charge >= 0.3 is 0 Å². The third-order valence-electron chi connectivity index (χ3n) is 2.84. The summed E-state index contributed by atoms with van der Waals surface area (Å²) in [5, 5.41) is 9.70. The monoisotopic (exact) mass is 300 g/mol. The van der Waals surface area contributed by atoms with Crippen molar-refractivity contribution < 1.29 is 8.42 Å². The summed E-state index contributed by atoms with van der Waals surface area (Å²) in [5.41, 5.74) is 0. The number of thiophene rings is 1. The van der Waals surface area contributed by atoms with Gasteiger partial charge in [-0.1, -0.05) is 18.2 Å². The van der Waals surface area contributed by atoms with Gasteiger partial charge in [0.25, 0.3) is 0 Å². The number of nitriles is 1. The smallest absolute Gasteiger partial charge is 0.209 e. The van der Waals surface area contributed by atoms with Crippen LogP contribution in [0, 0.1) is 11.3 Å². The molecule has 3 rings (SSSR count). The summed E-state index contributed by atoms with van der Waals surface area (Å²) >= 11 is 1.09. The van der Waals surface area contributed by atoms with Crippen LogP contribution in [0.1, 0.15) is 4.88 Å². The summed E-state index contributed by atoms with van der Waals surface area (Å²) in [6.07, 6.45) is 1.58. The number of benzene rings is 1. The third kappa shape index (κ3) is 1.88. The molecule has 0 atom stereocenters. The first-order valence-corrected chi connectivity index (χ1v) is 8.02. The minimum atomic E-state index is -3.72. The molecule has 2 aromatic heterocycles. The fourth-order valence-electron chi connectivity index (χ4n) is 1.97. The summed E-state index contributed by atoms with van der Waals surface area (Å²) in [6.45, 7) is 0. The van der Waals surface area contributed by atoms with Gasteiger partial charge in [-0.3, -0.25) is 0 Å². The minimum Gasteiger partial charge on any atom is -0.245 e. The van der Waals surface area contributed by atoms with E-state index >= 15 is 0 Å². The van der Waals surface area contributed by atoms with Crippen molar-refractivity contribution in [1.82, 2.24) is 4.98 Å². The normalized spacial score (nSPS) is 11.3. The van der Waals surface area contributed by atoms with E-state index in [1.165, 1.54) is 12.1 Å². The van der Waals surface area contributed by atoms with Gasteiger partial charge in [-0.25, -0.2) is 13.4 Å². The molecule has 0 aliphatic carbocycles. The van der Waals surface area contributed by atoms with Gasteiger partial charge in [-0.05, 0) is 24.3 Å². The maximum Gasteiger partial charge on any atom is 0.209 e. The summed E-state index contributed by atoms with van der Waals surface area (Å²) in [6, 6.07) is 13.4. The van der Waals surface area contributed by atoms with E-state index in [1.807, 2.05) is 6.07 Å². The number of nitrogens with zero attached hydrogens (tertiary/aromatic N) is 2. The summed E-state index contributed by atoms with van der Waals surface area (Å²) < 4.78 is 25.4. The molecule has 3 aromatic rings. The number of pyridine rings is 1. The first-order chi connectivity index (χ1) is 9.64. The number of fused-ring (bicyclic) bond motifs is 1. The second kappa shape index (κ2) is 4.71. The average Bonchev–Trinajstić information content (AvgIpc) is 2.87. The van der Waals surface area contributed by atoms with E-state index in [9.17, 15) is 13.7 Å². The molecule has 0 radical (unpaired) electrons. The molecule has 1 aromatic carbocycles. The predicted octanol–water partition coefficient (Wildman–Crippen LogP) is 3.00. The third-order valence-corrected chi connectivity index (χ3v) is 5.85. The zero-order valence-electron chi connectivity index (χ0n) is 10.1. The zero-order valence-corrected chi connectivity index (χ0v) is 11.8. The largest absolute Gasteiger partial charge is 0.245 e. The van der Waals surface area contributed by atoms with Crippen molar-refractivity contribution in [3.05, 3.63) is 53.5 Å². The first-order valence-electron chi connectivity index (χ1n) is 5.72. The van der Waals surface area contributed by atoms with Crippen molar-refractivity contribution in [2.75, 3.05) is 0 Å². The number of hydrogen-bond donors (Lipinski definition) is 0. The zero-order chi connectivity index (χ0) is 14.2. The SMILES string of the molecule is N#Cc1sc2ncccc2c1S(=O)(=O)c1ccccc1. The van der Waals surface area contributed by atoms with E-state index in [-0.39, 0.29) is 14.7 Å². The van der Waals surface area contributed by atoms with Crippen molar-refractivity contribution >= 4 is 31.4 Å². The van der Waals surface area contributed by atoms with E-state index < -0.39 is 9.84 Å². The standard InChI is InChI=1S/C14H8N2O2S2/c15-9-12-13(11-7-4-8-16-14(11)19-12)20(17,18)10-5-2-1-3-6-10/h1-8H. The fourth-order valence-corrected chi connectivity index (χ4v) is 4.82. The molecular weight excluding hydrogens is 292 g/mol. The average molecular weight is 300 g/mol. The lowest BCUT2D eigenvalue weighted by Crippen LogP contribution is -2.02. The van der Waals surface area contributed by atoms with E-state index in [1.54, 1.807) is 36.5 Å². The van der Waals surface area contributed by atoms with E-state index in [2.05, 4.69) is 4.98 Å². The Morgan fingerprint density at radius 1 is 1.10 bits per heavy atom. The van der Waals surface area contributed by atoms with Crippen LogP contribution in [0.25, 0.3) is 10.2 Å². The lowest BCUT2D eigenvalue weighted by Gasteiger charge is -2.03. The Kier molecular flexibility index (Phi) is 3.01. The molecule has 2 heterocycles. The summed E-state index contributed by atoms with van der Waals surface area (Å²) in [4.78, 5) is 5.08. The highest BCUT2D eigenvalue weighted by atomic mass is 32.2. The molecule has 0 bridgehead atoms. The number of rotatable bonds is 2. The van der Waals surface area contributed by atoms with Crippen LogP contribution < -0.4 is 0 Å². The molecule has 4 nitrogen and oxygen atoms in total. The van der Waals surface area contributed by atoms with Crippen LogP contribution in [0.3, 0.4) is 0 Å². The fraction of sp³-hybridized carbons (Fsp3) is 0. The Morgan fingerprint density at radius 3 is 2.55 bits per heavy atom. The minimum absolute atomic E-state index is 0.0549. The van der Waals surface area contributed by atoms with Gasteiger partial charge in [0.05, 0.1) is 4.90 Å². The number of aromatic nitrogens is 1. The highest BCUT2D eigenvalue weighted by molar-refractivity contribution is 7.92. The molecule has 0 spiro atoms. The van der Waals surface area contributed by atoms with Crippen molar-refractivity contribution in [2.24, 2.45) is 0 Å². The van der Waals surface area contributed by atoms with Crippen LogP contribution in [-0.4, -0.2) is 13.4 Å². The predicted molar refractivity (Wildman–Crippen MR) is 76.2 cm³/mol. The van der Waals surface area contributed by atoms with Crippen molar-refractivity contribution in [2.45, 2.75) is 9.79 Å². The molecule has 0 aliphatic heterocycles. The highest BCUT2D eigenvalue weighted by Crippen LogP contribution is 2.36. The molecule has 0 N–H and O–H groups in total. The lowest BCUT2D eigenvalue weighted by molar-refractivity contribution is 0.597. The molecule has 0 fully saturated rings. The van der Waals surface area contributed by atoms with Crippen molar-refractivity contribution in [1.29, 1.82) is 5.26 Å². The molecule has 0 amide bonds. The topological polar surface area (TPSA) is 70.8 Å². The van der Waals surface area contributed by atoms with Gasteiger partial charge in [-0.15, -0.1) is 11.3 Å². The molecule has 0 aliphatic rings. The number of hydrogen-bond acceptors (Lipinski definition) is 5. The number of sulfone groups is 1. The Hall–Kier alpha value is -2.23. The van der Waals surface area contributed by atoms with Gasteiger partial charge < -0.3 is 0 Å². The Labute approximate surface area is 119 Å². The molecule has 6 heteroatoms. The van der Waals surface area contributed by atoms with E-state index in [0.717, 1.165) is 11.3 Å². The molecule has 0 unspecified atom stereocenters. The van der Waals surface area contributed by atoms with Gasteiger partial charge in [-0.2, -0.15) is 5.26 Å². The molecular formula is C14H8N2O2S2. The van der Waals surface area contributed by atoms with Crippen molar-refractivity contribution in [3.8, 4) is 6.07 Å². The Balaban J connectivity index is 2.38. The Morgan fingerprint density at radius 2 is 1.85 bits per heavy atom.